The monoisotopic (exact) mass is 281 g/mol. The van der Waals surface area contributed by atoms with Crippen LogP contribution >= 0.6 is 11.6 Å². The van der Waals surface area contributed by atoms with Gasteiger partial charge in [0, 0.05) is 17.1 Å². The summed E-state index contributed by atoms with van der Waals surface area (Å²) < 4.78 is 11.2. The van der Waals surface area contributed by atoms with Gasteiger partial charge in [0.1, 0.15) is 13.2 Å². The number of benzene rings is 1. The van der Waals surface area contributed by atoms with Gasteiger partial charge in [0.2, 0.25) is 0 Å². The molecule has 0 radical (unpaired) electrons. The highest BCUT2D eigenvalue weighted by Crippen LogP contribution is 2.41. The van der Waals surface area contributed by atoms with Crippen LogP contribution in [0.15, 0.2) is 12.1 Å². The van der Waals surface area contributed by atoms with Crippen LogP contribution in [-0.2, 0) is 0 Å². The van der Waals surface area contributed by atoms with E-state index < -0.39 is 0 Å². The molecule has 104 valence electrons. The summed E-state index contributed by atoms with van der Waals surface area (Å²) in [5, 5.41) is 4.15. The van der Waals surface area contributed by atoms with Gasteiger partial charge < -0.3 is 14.8 Å². The molecular formula is C15H20ClNO2. The van der Waals surface area contributed by atoms with Gasteiger partial charge in [0.05, 0.1) is 0 Å². The zero-order valence-electron chi connectivity index (χ0n) is 11.2. The molecule has 1 N–H and O–H groups in total. The quantitative estimate of drug-likeness (QED) is 0.915. The van der Waals surface area contributed by atoms with E-state index in [0.717, 1.165) is 34.4 Å². The molecule has 1 saturated carbocycles. The lowest BCUT2D eigenvalue weighted by Gasteiger charge is -2.30. The maximum atomic E-state index is 6.40. The van der Waals surface area contributed by atoms with Gasteiger partial charge >= 0.3 is 0 Å². The molecule has 3 nitrogen and oxygen atoms in total. The Morgan fingerprint density at radius 2 is 1.95 bits per heavy atom. The molecule has 0 spiro atoms. The van der Waals surface area contributed by atoms with Gasteiger partial charge in [-0.3, -0.25) is 0 Å². The first-order valence-electron chi connectivity index (χ1n) is 7.04. The molecule has 1 heterocycles. The predicted molar refractivity (Wildman–Crippen MR) is 76.2 cm³/mol. The number of fused-ring (bicyclic) bond motifs is 1. The van der Waals surface area contributed by atoms with Crippen LogP contribution in [0.5, 0.6) is 11.5 Å². The summed E-state index contributed by atoms with van der Waals surface area (Å²) in [7, 11) is 2.00. The van der Waals surface area contributed by atoms with Gasteiger partial charge in [-0.25, -0.2) is 0 Å². The van der Waals surface area contributed by atoms with Crippen molar-refractivity contribution in [1.82, 2.24) is 5.32 Å². The lowest BCUT2D eigenvalue weighted by atomic mass is 9.79. The molecular weight excluding hydrogens is 262 g/mol. The Hall–Kier alpha value is -0.930. The molecule has 1 aliphatic heterocycles. The zero-order valence-corrected chi connectivity index (χ0v) is 12.0. The Balaban J connectivity index is 1.84. The molecule has 1 fully saturated rings. The van der Waals surface area contributed by atoms with Crippen molar-refractivity contribution in [3.63, 3.8) is 0 Å². The van der Waals surface area contributed by atoms with E-state index in [1.54, 1.807) is 0 Å². The highest BCUT2D eigenvalue weighted by Gasteiger charge is 2.25. The van der Waals surface area contributed by atoms with Crippen molar-refractivity contribution < 1.29 is 9.47 Å². The van der Waals surface area contributed by atoms with E-state index >= 15 is 0 Å². The van der Waals surface area contributed by atoms with Crippen LogP contribution in [0, 0.1) is 5.92 Å². The van der Waals surface area contributed by atoms with Crippen LogP contribution < -0.4 is 14.8 Å². The topological polar surface area (TPSA) is 30.5 Å². The molecule has 0 saturated heterocycles. The van der Waals surface area contributed by atoms with Gasteiger partial charge in [0.15, 0.2) is 11.5 Å². The summed E-state index contributed by atoms with van der Waals surface area (Å²) >= 11 is 6.40. The zero-order chi connectivity index (χ0) is 13.2. The van der Waals surface area contributed by atoms with Crippen LogP contribution in [-0.4, -0.2) is 20.3 Å². The highest BCUT2D eigenvalue weighted by atomic mass is 35.5. The molecule has 3 rings (SSSR count). The lowest BCUT2D eigenvalue weighted by molar-refractivity contribution is 0.171. The first kappa shape index (κ1) is 13.1. The van der Waals surface area contributed by atoms with Crippen LogP contribution in [0.25, 0.3) is 0 Å². The molecule has 1 aromatic carbocycles. The predicted octanol–water partition coefficient (Wildman–Crippen LogP) is 3.56. The fraction of sp³-hybridized carbons (Fsp3) is 0.600. The second kappa shape index (κ2) is 5.59. The van der Waals surface area contributed by atoms with Crippen molar-refractivity contribution in [3.8, 4) is 11.5 Å². The van der Waals surface area contributed by atoms with E-state index in [1.807, 2.05) is 19.2 Å². The maximum Gasteiger partial charge on any atom is 0.162 e. The summed E-state index contributed by atoms with van der Waals surface area (Å²) in [6.07, 6.45) is 5.21. The lowest BCUT2D eigenvalue weighted by Crippen LogP contribution is -2.24. The molecule has 1 atom stereocenters. The molecule has 1 unspecified atom stereocenters. The van der Waals surface area contributed by atoms with Crippen molar-refractivity contribution in [2.24, 2.45) is 5.92 Å². The average molecular weight is 282 g/mol. The Labute approximate surface area is 119 Å². The normalized spacial score (nSPS) is 19.9. The standard InChI is InChI=1S/C15H20ClNO2/c1-17-13(7-10-3-2-4-10)11-8-14-15(9-12(11)16)19-6-5-18-14/h8-10,13,17H,2-7H2,1H3. The molecule has 4 heteroatoms. The third kappa shape index (κ3) is 2.67. The molecule has 0 aromatic heterocycles. The van der Waals surface area contributed by atoms with Crippen molar-refractivity contribution >= 4 is 11.6 Å². The number of nitrogens with one attached hydrogen (secondary N) is 1. The number of rotatable bonds is 4. The van der Waals surface area contributed by atoms with Crippen molar-refractivity contribution in [2.75, 3.05) is 20.3 Å². The van der Waals surface area contributed by atoms with Gasteiger partial charge in [0.25, 0.3) is 0 Å². The first-order chi connectivity index (χ1) is 9.28. The SMILES string of the molecule is CNC(CC1CCC1)c1cc2c(cc1Cl)OCCO2. The second-order valence-corrected chi connectivity index (χ2v) is 5.80. The minimum absolute atomic E-state index is 0.300. The van der Waals surface area contributed by atoms with Crippen molar-refractivity contribution in [3.05, 3.63) is 22.7 Å². The Kier molecular flexibility index (Phi) is 3.85. The number of hydrogen-bond donors (Lipinski definition) is 1. The minimum Gasteiger partial charge on any atom is -0.486 e. The van der Waals surface area contributed by atoms with E-state index in [9.17, 15) is 0 Å². The first-order valence-corrected chi connectivity index (χ1v) is 7.42. The molecule has 19 heavy (non-hydrogen) atoms. The third-order valence-corrected chi connectivity index (χ3v) is 4.51. The molecule has 1 aliphatic carbocycles. The van der Waals surface area contributed by atoms with Crippen molar-refractivity contribution in [2.45, 2.75) is 31.7 Å². The molecule has 1 aromatic rings. The Morgan fingerprint density at radius 3 is 2.53 bits per heavy atom. The average Bonchev–Trinajstić information content (AvgIpc) is 2.37. The van der Waals surface area contributed by atoms with Crippen molar-refractivity contribution in [1.29, 1.82) is 0 Å². The van der Waals surface area contributed by atoms with E-state index in [1.165, 1.54) is 19.3 Å². The van der Waals surface area contributed by atoms with Gasteiger partial charge in [-0.15, -0.1) is 0 Å². The van der Waals surface area contributed by atoms with E-state index in [0.29, 0.717) is 19.3 Å². The Bertz CT molecular complexity index is 460. The molecule has 0 bridgehead atoms. The summed E-state index contributed by atoms with van der Waals surface area (Å²) in [6.45, 7) is 1.21. The number of ether oxygens (including phenoxy) is 2. The van der Waals surface area contributed by atoms with Gasteiger partial charge in [-0.05, 0) is 31.0 Å². The van der Waals surface area contributed by atoms with E-state index in [2.05, 4.69) is 5.32 Å². The smallest absolute Gasteiger partial charge is 0.162 e. The van der Waals surface area contributed by atoms with Crippen LogP contribution in [0.2, 0.25) is 5.02 Å². The fourth-order valence-electron chi connectivity index (χ4n) is 2.81. The third-order valence-electron chi connectivity index (χ3n) is 4.18. The summed E-state index contributed by atoms with van der Waals surface area (Å²) in [5.41, 5.74) is 1.13. The van der Waals surface area contributed by atoms with Crippen LogP contribution in [0.4, 0.5) is 0 Å². The van der Waals surface area contributed by atoms with Crippen LogP contribution in [0.1, 0.15) is 37.3 Å². The maximum absolute atomic E-state index is 6.40. The van der Waals surface area contributed by atoms with Gasteiger partial charge in [-0.2, -0.15) is 0 Å². The summed E-state index contributed by atoms with van der Waals surface area (Å²) in [4.78, 5) is 0. The minimum atomic E-state index is 0.300. The van der Waals surface area contributed by atoms with E-state index in [-0.39, 0.29) is 0 Å². The summed E-state index contributed by atoms with van der Waals surface area (Å²) in [5.74, 6) is 2.42. The molecule has 2 aliphatic rings. The highest BCUT2D eigenvalue weighted by molar-refractivity contribution is 6.31. The number of halogens is 1. The largest absolute Gasteiger partial charge is 0.486 e. The fourth-order valence-corrected chi connectivity index (χ4v) is 3.09. The van der Waals surface area contributed by atoms with Gasteiger partial charge in [-0.1, -0.05) is 30.9 Å². The summed E-state index contributed by atoms with van der Waals surface area (Å²) in [6, 6.07) is 4.22. The molecule has 0 amide bonds. The number of hydrogen-bond acceptors (Lipinski definition) is 3. The Morgan fingerprint density at radius 1 is 1.26 bits per heavy atom. The van der Waals surface area contributed by atoms with Crippen LogP contribution in [0.3, 0.4) is 0 Å². The second-order valence-electron chi connectivity index (χ2n) is 5.39. The van der Waals surface area contributed by atoms with E-state index in [4.69, 9.17) is 21.1 Å².